The number of ether oxygens (including phenoxy) is 1. The first-order valence-corrected chi connectivity index (χ1v) is 7.68. The molecule has 0 N–H and O–H groups in total. The minimum absolute atomic E-state index is 0.792. The van der Waals surface area contributed by atoms with Gasteiger partial charge in [0.15, 0.2) is 0 Å². The second kappa shape index (κ2) is 5.43. The molecule has 4 rings (SSSR count). The highest BCUT2D eigenvalue weighted by molar-refractivity contribution is 5.93. The zero-order chi connectivity index (χ0) is 14.9. The lowest BCUT2D eigenvalue weighted by Gasteiger charge is -2.16. The van der Waals surface area contributed by atoms with Gasteiger partial charge in [-0.15, -0.1) is 0 Å². The predicted molar refractivity (Wildman–Crippen MR) is 93.6 cm³/mol. The molecule has 0 saturated carbocycles. The van der Waals surface area contributed by atoms with Gasteiger partial charge in [-0.2, -0.15) is 0 Å². The Hall–Kier alpha value is -2.38. The van der Waals surface area contributed by atoms with E-state index in [-0.39, 0.29) is 0 Å². The molecule has 108 valence electrons. The second-order valence-electron chi connectivity index (χ2n) is 5.82. The Morgan fingerprint density at radius 2 is 1.50 bits per heavy atom. The largest absolute Gasteiger partial charge is 0.384 e. The van der Waals surface area contributed by atoms with Crippen LogP contribution in [0.25, 0.3) is 21.9 Å². The Bertz CT molecular complexity index is 863. The summed E-state index contributed by atoms with van der Waals surface area (Å²) in [6, 6.07) is 13.4. The van der Waals surface area contributed by atoms with Gasteiger partial charge >= 0.3 is 0 Å². The summed E-state index contributed by atoms with van der Waals surface area (Å²) in [4.78, 5) is 0. The third kappa shape index (κ3) is 2.34. The van der Waals surface area contributed by atoms with Gasteiger partial charge in [0.25, 0.3) is 0 Å². The minimum atomic E-state index is 0.792. The number of methoxy groups -OCH3 is 1. The van der Waals surface area contributed by atoms with Gasteiger partial charge in [0.05, 0.1) is 6.61 Å². The summed E-state index contributed by atoms with van der Waals surface area (Å²) < 4.78 is 5.11. The van der Waals surface area contributed by atoms with Gasteiger partial charge in [0, 0.05) is 7.11 Å². The molecule has 0 fully saturated rings. The summed E-state index contributed by atoms with van der Waals surface area (Å²) in [5.41, 5.74) is 6.60. The van der Waals surface area contributed by atoms with E-state index in [4.69, 9.17) is 4.74 Å². The average Bonchev–Trinajstić information content (AvgIpc) is 2.44. The Kier molecular flexibility index (Phi) is 3.28. The fourth-order valence-electron chi connectivity index (χ4n) is 2.91. The minimum Gasteiger partial charge on any atom is -0.384 e. The van der Waals surface area contributed by atoms with Crippen LogP contribution in [0.3, 0.4) is 0 Å². The van der Waals surface area contributed by atoms with Crippen molar-refractivity contribution < 1.29 is 4.74 Å². The maximum atomic E-state index is 5.11. The first kappa shape index (κ1) is 13.3. The van der Waals surface area contributed by atoms with Crippen molar-refractivity contribution in [3.63, 3.8) is 0 Å². The smallest absolute Gasteiger partial charge is 0.0502 e. The quantitative estimate of drug-likeness (QED) is 0.738. The molecule has 0 aliphatic heterocycles. The summed E-state index contributed by atoms with van der Waals surface area (Å²) in [5, 5.41) is 2.59. The molecular weight excluding hydrogens is 268 g/mol. The van der Waals surface area contributed by atoms with E-state index in [1.165, 1.54) is 38.6 Å². The lowest BCUT2D eigenvalue weighted by molar-refractivity contribution is 0.202. The van der Waals surface area contributed by atoms with Crippen molar-refractivity contribution >= 4 is 21.9 Å². The fourth-order valence-corrected chi connectivity index (χ4v) is 2.91. The molecule has 0 radical (unpaired) electrons. The summed E-state index contributed by atoms with van der Waals surface area (Å²) >= 11 is 0. The van der Waals surface area contributed by atoms with E-state index in [1.54, 1.807) is 7.11 Å². The summed E-state index contributed by atoms with van der Waals surface area (Å²) in [7, 11) is 1.75. The van der Waals surface area contributed by atoms with Crippen molar-refractivity contribution in [3.05, 3.63) is 83.5 Å². The maximum absolute atomic E-state index is 5.11. The maximum Gasteiger partial charge on any atom is 0.0502 e. The predicted octanol–water partition coefficient (Wildman–Crippen LogP) is 5.15. The van der Waals surface area contributed by atoms with E-state index in [1.807, 2.05) is 0 Å². The number of benzene rings is 2. The van der Waals surface area contributed by atoms with Crippen LogP contribution in [-0.2, 0) is 4.74 Å². The van der Waals surface area contributed by atoms with E-state index in [0.717, 1.165) is 13.0 Å². The van der Waals surface area contributed by atoms with Crippen LogP contribution in [0.1, 0.15) is 17.5 Å². The van der Waals surface area contributed by atoms with Crippen LogP contribution in [0, 0.1) is 0 Å². The van der Waals surface area contributed by atoms with Crippen molar-refractivity contribution in [2.24, 2.45) is 0 Å². The Balaban J connectivity index is 1.57. The number of allylic oxidation sites excluding steroid dienone is 7. The molecule has 0 saturated heterocycles. The highest BCUT2D eigenvalue weighted by atomic mass is 16.5. The average molecular weight is 286 g/mol. The first-order valence-electron chi connectivity index (χ1n) is 7.68. The second-order valence-corrected chi connectivity index (χ2v) is 5.82. The van der Waals surface area contributed by atoms with Gasteiger partial charge in [0.1, 0.15) is 0 Å². The summed E-state index contributed by atoms with van der Waals surface area (Å²) in [6.45, 7) is 0.792. The van der Waals surface area contributed by atoms with Crippen LogP contribution in [0.5, 0.6) is 0 Å². The molecule has 0 amide bonds. The van der Waals surface area contributed by atoms with Gasteiger partial charge in [0.2, 0.25) is 0 Å². The van der Waals surface area contributed by atoms with Crippen molar-refractivity contribution in [3.8, 4) is 0 Å². The van der Waals surface area contributed by atoms with E-state index in [0.29, 0.717) is 0 Å². The van der Waals surface area contributed by atoms with Crippen molar-refractivity contribution in [2.45, 2.75) is 6.42 Å². The van der Waals surface area contributed by atoms with E-state index in [9.17, 15) is 0 Å². The normalized spacial score (nSPS) is 15.8. The molecule has 0 aromatic heterocycles. The van der Waals surface area contributed by atoms with Crippen LogP contribution >= 0.6 is 0 Å². The zero-order valence-corrected chi connectivity index (χ0v) is 12.7. The number of hydrogen-bond donors (Lipinski definition) is 0. The molecule has 2 aliphatic carbocycles. The van der Waals surface area contributed by atoms with Crippen LogP contribution in [0.15, 0.2) is 72.4 Å². The van der Waals surface area contributed by atoms with E-state index >= 15 is 0 Å². The fraction of sp³-hybridized carbons (Fsp3) is 0.143. The van der Waals surface area contributed by atoms with Gasteiger partial charge < -0.3 is 4.74 Å². The molecular formula is C21H18O. The van der Waals surface area contributed by atoms with Crippen molar-refractivity contribution in [2.75, 3.05) is 13.7 Å². The number of fused-ring (bicyclic) bond motifs is 1. The van der Waals surface area contributed by atoms with Crippen LogP contribution in [0.4, 0.5) is 0 Å². The van der Waals surface area contributed by atoms with Crippen molar-refractivity contribution in [1.82, 2.24) is 0 Å². The Labute approximate surface area is 130 Å². The van der Waals surface area contributed by atoms with Crippen LogP contribution in [0.2, 0.25) is 0 Å². The molecule has 22 heavy (non-hydrogen) atoms. The van der Waals surface area contributed by atoms with Crippen molar-refractivity contribution in [1.29, 1.82) is 0 Å². The summed E-state index contributed by atoms with van der Waals surface area (Å²) in [6.07, 6.45) is 11.9. The Morgan fingerprint density at radius 1 is 0.864 bits per heavy atom. The zero-order valence-electron chi connectivity index (χ0n) is 12.7. The monoisotopic (exact) mass is 286 g/mol. The highest BCUT2D eigenvalue weighted by Crippen LogP contribution is 2.32. The molecule has 2 aliphatic rings. The molecule has 1 heteroatoms. The van der Waals surface area contributed by atoms with Gasteiger partial charge in [-0.05, 0) is 57.2 Å². The molecule has 0 bridgehead atoms. The molecule has 0 heterocycles. The lowest BCUT2D eigenvalue weighted by atomic mass is 9.89. The van der Waals surface area contributed by atoms with Crippen LogP contribution < -0.4 is 0 Å². The lowest BCUT2D eigenvalue weighted by Crippen LogP contribution is -1.98. The SMILES string of the molecule is COCCC1=CC(c2ccc3cc(C4=CC=C4)ccc3c2)=C1. The molecule has 2 aromatic carbocycles. The first-order chi connectivity index (χ1) is 10.8. The van der Waals surface area contributed by atoms with E-state index < -0.39 is 0 Å². The van der Waals surface area contributed by atoms with Gasteiger partial charge in [-0.1, -0.05) is 54.6 Å². The molecule has 2 aromatic rings. The summed E-state index contributed by atoms with van der Waals surface area (Å²) in [5.74, 6) is 0. The third-order valence-electron chi connectivity index (χ3n) is 4.34. The van der Waals surface area contributed by atoms with Gasteiger partial charge in [-0.3, -0.25) is 0 Å². The number of rotatable bonds is 5. The Morgan fingerprint density at radius 3 is 2.05 bits per heavy atom. The van der Waals surface area contributed by atoms with Crippen LogP contribution in [-0.4, -0.2) is 13.7 Å². The molecule has 0 spiro atoms. The molecule has 0 unspecified atom stereocenters. The molecule has 0 atom stereocenters. The van der Waals surface area contributed by atoms with E-state index in [2.05, 4.69) is 66.8 Å². The number of hydrogen-bond acceptors (Lipinski definition) is 1. The molecule has 1 nitrogen and oxygen atoms in total. The highest BCUT2D eigenvalue weighted by Gasteiger charge is 2.11. The standard InChI is InChI=1S/C21H18O/c1-22-10-9-15-11-21(12-15)20-8-7-18-13-17(16-3-2-4-16)5-6-19(18)14-20/h2-8,11-14H,9-10H2,1H3. The topological polar surface area (TPSA) is 9.23 Å². The third-order valence-corrected chi connectivity index (χ3v) is 4.34. The van der Waals surface area contributed by atoms with Gasteiger partial charge in [-0.25, -0.2) is 0 Å².